The summed E-state index contributed by atoms with van der Waals surface area (Å²) < 4.78 is 0. The fraction of sp³-hybridized carbons (Fsp3) is 0.600. The highest BCUT2D eigenvalue weighted by molar-refractivity contribution is 5.80. The van der Waals surface area contributed by atoms with E-state index >= 15 is 0 Å². The van der Waals surface area contributed by atoms with Crippen molar-refractivity contribution in [3.63, 3.8) is 0 Å². The molecule has 1 aromatic rings. The molecule has 2 amide bonds. The Hall–Kier alpha value is -1.84. The van der Waals surface area contributed by atoms with Crippen LogP contribution in [0.1, 0.15) is 51.0 Å². The lowest BCUT2D eigenvalue weighted by atomic mass is 9.95. The summed E-state index contributed by atoms with van der Waals surface area (Å²) in [5, 5.41) is 3.06. The van der Waals surface area contributed by atoms with Gasteiger partial charge in [0.25, 0.3) is 0 Å². The molecule has 2 rings (SSSR count). The highest BCUT2D eigenvalue weighted by Gasteiger charge is 2.26. The van der Waals surface area contributed by atoms with Gasteiger partial charge in [-0.05, 0) is 37.7 Å². The van der Waals surface area contributed by atoms with Gasteiger partial charge in [-0.25, -0.2) is 0 Å². The number of nitrogens with one attached hydrogen (secondary N) is 1. The molecule has 1 aromatic carbocycles. The number of amides is 2. The minimum atomic E-state index is 0.0666. The number of rotatable bonds is 8. The van der Waals surface area contributed by atoms with Crippen LogP contribution in [-0.2, 0) is 16.0 Å². The SMILES string of the molecule is CCCCC(=O)N1CCC(C(=O)NCCCc2ccccc2)CC1. The quantitative estimate of drug-likeness (QED) is 0.744. The molecular formula is C20H30N2O2. The van der Waals surface area contributed by atoms with E-state index in [9.17, 15) is 9.59 Å². The molecule has 1 heterocycles. The third kappa shape index (κ3) is 5.99. The van der Waals surface area contributed by atoms with Gasteiger partial charge in [0.2, 0.25) is 11.8 Å². The molecule has 0 saturated carbocycles. The van der Waals surface area contributed by atoms with Crippen LogP contribution in [0.4, 0.5) is 0 Å². The van der Waals surface area contributed by atoms with Crippen molar-refractivity contribution < 1.29 is 9.59 Å². The maximum atomic E-state index is 12.2. The molecule has 4 nitrogen and oxygen atoms in total. The summed E-state index contributed by atoms with van der Waals surface area (Å²) in [5.41, 5.74) is 1.31. The van der Waals surface area contributed by atoms with Crippen LogP contribution >= 0.6 is 0 Å². The van der Waals surface area contributed by atoms with Crippen molar-refractivity contribution in [2.75, 3.05) is 19.6 Å². The van der Waals surface area contributed by atoms with Crippen LogP contribution in [0.3, 0.4) is 0 Å². The molecule has 0 aromatic heterocycles. The van der Waals surface area contributed by atoms with Crippen LogP contribution in [0.2, 0.25) is 0 Å². The van der Waals surface area contributed by atoms with Gasteiger partial charge >= 0.3 is 0 Å². The van der Waals surface area contributed by atoms with Crippen molar-refractivity contribution in [2.45, 2.75) is 51.9 Å². The molecule has 1 fully saturated rings. The Labute approximate surface area is 145 Å². The molecule has 0 atom stereocenters. The van der Waals surface area contributed by atoms with Crippen LogP contribution in [0.25, 0.3) is 0 Å². The number of hydrogen-bond donors (Lipinski definition) is 1. The van der Waals surface area contributed by atoms with Gasteiger partial charge in [0, 0.05) is 32.0 Å². The van der Waals surface area contributed by atoms with Crippen LogP contribution in [0.15, 0.2) is 30.3 Å². The highest BCUT2D eigenvalue weighted by atomic mass is 16.2. The average molecular weight is 330 g/mol. The molecule has 1 aliphatic rings. The standard InChI is InChI=1S/C20H30N2O2/c1-2-3-11-19(23)22-15-12-18(13-16-22)20(24)21-14-7-10-17-8-5-4-6-9-17/h4-6,8-9,18H,2-3,7,10-16H2,1H3,(H,21,24). The Balaban J connectivity index is 1.61. The maximum Gasteiger partial charge on any atom is 0.223 e. The fourth-order valence-corrected chi connectivity index (χ4v) is 3.17. The van der Waals surface area contributed by atoms with Gasteiger partial charge < -0.3 is 10.2 Å². The van der Waals surface area contributed by atoms with Gasteiger partial charge in [-0.1, -0.05) is 43.7 Å². The van der Waals surface area contributed by atoms with E-state index in [1.165, 1.54) is 5.56 Å². The molecule has 1 N–H and O–H groups in total. The third-order valence-electron chi connectivity index (χ3n) is 4.75. The number of aryl methyl sites for hydroxylation is 1. The van der Waals surface area contributed by atoms with Crippen molar-refractivity contribution in [1.82, 2.24) is 10.2 Å². The predicted octanol–water partition coefficient (Wildman–Crippen LogP) is 3.16. The third-order valence-corrected chi connectivity index (χ3v) is 4.75. The second kappa shape index (κ2) is 10.1. The molecule has 0 bridgehead atoms. The lowest BCUT2D eigenvalue weighted by Crippen LogP contribution is -2.43. The second-order valence-electron chi connectivity index (χ2n) is 6.64. The number of carbonyl (C=O) groups excluding carboxylic acids is 2. The molecule has 1 aliphatic heterocycles. The Bertz CT molecular complexity index is 508. The monoisotopic (exact) mass is 330 g/mol. The number of unbranched alkanes of at least 4 members (excludes halogenated alkanes) is 1. The van der Waals surface area contributed by atoms with E-state index in [4.69, 9.17) is 0 Å². The molecule has 1 saturated heterocycles. The van der Waals surface area contributed by atoms with Gasteiger partial charge in [0.05, 0.1) is 0 Å². The Morgan fingerprint density at radius 1 is 1.12 bits per heavy atom. The molecule has 4 heteroatoms. The van der Waals surface area contributed by atoms with Crippen LogP contribution in [0.5, 0.6) is 0 Å². The summed E-state index contributed by atoms with van der Waals surface area (Å²) in [6, 6.07) is 10.3. The molecular weight excluding hydrogens is 300 g/mol. The van der Waals surface area contributed by atoms with Gasteiger partial charge in [-0.2, -0.15) is 0 Å². The smallest absolute Gasteiger partial charge is 0.223 e. The lowest BCUT2D eigenvalue weighted by Gasteiger charge is -2.31. The summed E-state index contributed by atoms with van der Waals surface area (Å²) in [5.74, 6) is 0.472. The first-order valence-electron chi connectivity index (χ1n) is 9.30. The summed E-state index contributed by atoms with van der Waals surface area (Å²) in [4.78, 5) is 26.2. The number of benzene rings is 1. The minimum absolute atomic E-state index is 0.0666. The fourth-order valence-electron chi connectivity index (χ4n) is 3.17. The van der Waals surface area contributed by atoms with Crippen molar-refractivity contribution in [1.29, 1.82) is 0 Å². The van der Waals surface area contributed by atoms with E-state index in [1.54, 1.807) is 0 Å². The lowest BCUT2D eigenvalue weighted by molar-refractivity contribution is -0.135. The van der Waals surface area contributed by atoms with Gasteiger partial charge in [0.15, 0.2) is 0 Å². The number of piperidine rings is 1. The highest BCUT2D eigenvalue weighted by Crippen LogP contribution is 2.18. The zero-order valence-electron chi connectivity index (χ0n) is 14.8. The van der Waals surface area contributed by atoms with Crippen molar-refractivity contribution in [2.24, 2.45) is 5.92 Å². The molecule has 132 valence electrons. The Morgan fingerprint density at radius 3 is 2.50 bits per heavy atom. The molecule has 0 spiro atoms. The summed E-state index contributed by atoms with van der Waals surface area (Å²) in [7, 11) is 0. The molecule has 0 radical (unpaired) electrons. The van der Waals surface area contributed by atoms with Gasteiger partial charge in [-0.3, -0.25) is 9.59 Å². The second-order valence-corrected chi connectivity index (χ2v) is 6.64. The largest absolute Gasteiger partial charge is 0.356 e. The normalized spacial score (nSPS) is 15.3. The van der Waals surface area contributed by atoms with E-state index in [1.807, 2.05) is 23.1 Å². The van der Waals surface area contributed by atoms with Gasteiger partial charge in [-0.15, -0.1) is 0 Å². The van der Waals surface area contributed by atoms with E-state index in [-0.39, 0.29) is 17.7 Å². The first kappa shape index (κ1) is 18.5. The van der Waals surface area contributed by atoms with Crippen molar-refractivity contribution >= 4 is 11.8 Å². The topological polar surface area (TPSA) is 49.4 Å². The van der Waals surface area contributed by atoms with Crippen LogP contribution in [0, 0.1) is 5.92 Å². The first-order valence-corrected chi connectivity index (χ1v) is 9.30. The number of carbonyl (C=O) groups is 2. The predicted molar refractivity (Wildman–Crippen MR) is 96.6 cm³/mol. The Kier molecular flexibility index (Phi) is 7.80. The van der Waals surface area contributed by atoms with Crippen LogP contribution in [-0.4, -0.2) is 36.3 Å². The zero-order valence-corrected chi connectivity index (χ0v) is 14.8. The Morgan fingerprint density at radius 2 is 1.83 bits per heavy atom. The summed E-state index contributed by atoms with van der Waals surface area (Å²) >= 11 is 0. The molecule has 0 unspecified atom stereocenters. The first-order chi connectivity index (χ1) is 11.7. The van der Waals surface area contributed by atoms with E-state index < -0.39 is 0 Å². The van der Waals surface area contributed by atoms with E-state index in [0.717, 1.165) is 58.2 Å². The number of likely N-dealkylation sites (tertiary alicyclic amines) is 1. The maximum absolute atomic E-state index is 12.2. The van der Waals surface area contributed by atoms with Crippen molar-refractivity contribution in [3.8, 4) is 0 Å². The van der Waals surface area contributed by atoms with Crippen LogP contribution < -0.4 is 5.32 Å². The molecule has 0 aliphatic carbocycles. The summed E-state index contributed by atoms with van der Waals surface area (Å²) in [6.07, 6.45) is 6.20. The van der Waals surface area contributed by atoms with Crippen molar-refractivity contribution in [3.05, 3.63) is 35.9 Å². The van der Waals surface area contributed by atoms with E-state index in [2.05, 4.69) is 24.4 Å². The number of hydrogen-bond acceptors (Lipinski definition) is 2. The summed E-state index contributed by atoms with van der Waals surface area (Å²) in [6.45, 7) is 4.28. The number of nitrogens with zero attached hydrogens (tertiary/aromatic N) is 1. The minimum Gasteiger partial charge on any atom is -0.356 e. The van der Waals surface area contributed by atoms with E-state index in [0.29, 0.717) is 6.42 Å². The zero-order chi connectivity index (χ0) is 17.2. The average Bonchev–Trinajstić information content (AvgIpc) is 2.64. The molecule has 24 heavy (non-hydrogen) atoms. The van der Waals surface area contributed by atoms with Gasteiger partial charge in [0.1, 0.15) is 0 Å².